The van der Waals surface area contributed by atoms with Crippen LogP contribution in [-0.2, 0) is 4.79 Å². The monoisotopic (exact) mass is 247 g/mol. The Labute approximate surface area is 107 Å². The molecule has 0 radical (unpaired) electrons. The van der Waals surface area contributed by atoms with Gasteiger partial charge in [0.2, 0.25) is 0 Å². The number of hydrogen-bond donors (Lipinski definition) is 1. The van der Waals surface area contributed by atoms with E-state index in [4.69, 9.17) is 5.11 Å². The van der Waals surface area contributed by atoms with Gasteiger partial charge in [0.25, 0.3) is 5.91 Å². The lowest BCUT2D eigenvalue weighted by Crippen LogP contribution is -2.33. The highest BCUT2D eigenvalue weighted by Gasteiger charge is 2.15. The van der Waals surface area contributed by atoms with Crippen LogP contribution in [0.3, 0.4) is 0 Å². The molecule has 0 atom stereocenters. The molecular formula is C14H17NO3. The topological polar surface area (TPSA) is 57.6 Å². The SMILES string of the molecule is C=CCN(CCC(=O)O)C(=O)c1ccc(C)cc1. The summed E-state index contributed by atoms with van der Waals surface area (Å²) >= 11 is 0. The van der Waals surface area contributed by atoms with Gasteiger partial charge in [-0.2, -0.15) is 0 Å². The molecule has 0 saturated heterocycles. The molecular weight excluding hydrogens is 230 g/mol. The smallest absolute Gasteiger partial charge is 0.305 e. The van der Waals surface area contributed by atoms with E-state index in [2.05, 4.69) is 6.58 Å². The summed E-state index contributed by atoms with van der Waals surface area (Å²) in [5.74, 6) is -1.09. The highest BCUT2D eigenvalue weighted by Crippen LogP contribution is 2.08. The lowest BCUT2D eigenvalue weighted by atomic mass is 10.1. The normalized spacial score (nSPS) is 9.83. The minimum absolute atomic E-state index is 0.0640. The number of carboxylic acids is 1. The number of benzene rings is 1. The van der Waals surface area contributed by atoms with Crippen LogP contribution in [0.1, 0.15) is 22.3 Å². The van der Waals surface area contributed by atoms with Crippen molar-refractivity contribution in [1.82, 2.24) is 4.90 Å². The molecule has 0 aromatic heterocycles. The van der Waals surface area contributed by atoms with E-state index in [0.717, 1.165) is 5.56 Å². The van der Waals surface area contributed by atoms with Crippen molar-refractivity contribution in [2.45, 2.75) is 13.3 Å². The van der Waals surface area contributed by atoms with Crippen LogP contribution in [-0.4, -0.2) is 35.0 Å². The molecule has 0 bridgehead atoms. The highest BCUT2D eigenvalue weighted by atomic mass is 16.4. The fraction of sp³-hybridized carbons (Fsp3) is 0.286. The van der Waals surface area contributed by atoms with Crippen LogP contribution < -0.4 is 0 Å². The molecule has 0 aliphatic rings. The number of aliphatic carboxylic acids is 1. The van der Waals surface area contributed by atoms with Crippen molar-refractivity contribution in [2.24, 2.45) is 0 Å². The van der Waals surface area contributed by atoms with Gasteiger partial charge in [0, 0.05) is 18.7 Å². The maximum Gasteiger partial charge on any atom is 0.305 e. The molecule has 0 fully saturated rings. The fourth-order valence-corrected chi connectivity index (χ4v) is 1.54. The van der Waals surface area contributed by atoms with Crippen LogP contribution in [0.2, 0.25) is 0 Å². The number of carbonyl (C=O) groups is 2. The van der Waals surface area contributed by atoms with Gasteiger partial charge in [0.1, 0.15) is 0 Å². The maximum absolute atomic E-state index is 12.1. The van der Waals surface area contributed by atoms with Crippen molar-refractivity contribution in [3.05, 3.63) is 48.0 Å². The van der Waals surface area contributed by atoms with Crippen molar-refractivity contribution in [2.75, 3.05) is 13.1 Å². The Kier molecular flexibility index (Phi) is 5.11. The predicted molar refractivity (Wildman–Crippen MR) is 69.5 cm³/mol. The summed E-state index contributed by atoms with van der Waals surface area (Å²) in [6, 6.07) is 7.20. The zero-order valence-corrected chi connectivity index (χ0v) is 10.4. The molecule has 18 heavy (non-hydrogen) atoms. The molecule has 4 heteroatoms. The second-order valence-corrected chi connectivity index (χ2v) is 4.05. The third kappa shape index (κ3) is 4.05. The zero-order chi connectivity index (χ0) is 13.5. The van der Waals surface area contributed by atoms with Crippen molar-refractivity contribution in [3.8, 4) is 0 Å². The highest BCUT2D eigenvalue weighted by molar-refractivity contribution is 5.94. The largest absolute Gasteiger partial charge is 0.481 e. The minimum atomic E-state index is -0.916. The van der Waals surface area contributed by atoms with Crippen LogP contribution >= 0.6 is 0 Å². The lowest BCUT2D eigenvalue weighted by molar-refractivity contribution is -0.137. The van der Waals surface area contributed by atoms with Crippen LogP contribution in [0.25, 0.3) is 0 Å². The van der Waals surface area contributed by atoms with Crippen LogP contribution in [0, 0.1) is 6.92 Å². The molecule has 1 aromatic rings. The average Bonchev–Trinajstić information content (AvgIpc) is 2.34. The van der Waals surface area contributed by atoms with Crippen molar-refractivity contribution in [1.29, 1.82) is 0 Å². The van der Waals surface area contributed by atoms with E-state index in [9.17, 15) is 9.59 Å². The number of rotatable bonds is 6. The molecule has 0 saturated carbocycles. The summed E-state index contributed by atoms with van der Waals surface area (Å²) in [4.78, 5) is 24.2. The van der Waals surface area contributed by atoms with Crippen LogP contribution in [0.4, 0.5) is 0 Å². The van der Waals surface area contributed by atoms with E-state index in [1.165, 1.54) is 4.90 Å². The van der Waals surface area contributed by atoms with Crippen LogP contribution in [0.15, 0.2) is 36.9 Å². The standard InChI is InChI=1S/C14H17NO3/c1-3-9-15(10-8-13(16)17)14(18)12-6-4-11(2)5-7-12/h3-7H,1,8-10H2,2H3,(H,16,17). The summed E-state index contributed by atoms with van der Waals surface area (Å²) in [5, 5.41) is 8.66. The Hall–Kier alpha value is -2.10. The first-order valence-electron chi connectivity index (χ1n) is 5.73. The Bertz CT molecular complexity index is 437. The van der Waals surface area contributed by atoms with Gasteiger partial charge in [-0.05, 0) is 19.1 Å². The Morgan fingerprint density at radius 3 is 2.44 bits per heavy atom. The van der Waals surface area contributed by atoms with Gasteiger partial charge in [-0.1, -0.05) is 23.8 Å². The Morgan fingerprint density at radius 2 is 1.94 bits per heavy atom. The first-order chi connectivity index (χ1) is 8.54. The summed E-state index contributed by atoms with van der Waals surface area (Å²) in [7, 11) is 0. The number of aryl methyl sites for hydroxylation is 1. The lowest BCUT2D eigenvalue weighted by Gasteiger charge is -2.20. The first-order valence-corrected chi connectivity index (χ1v) is 5.73. The fourth-order valence-electron chi connectivity index (χ4n) is 1.54. The van der Waals surface area contributed by atoms with E-state index in [-0.39, 0.29) is 18.9 Å². The van der Waals surface area contributed by atoms with Crippen molar-refractivity contribution >= 4 is 11.9 Å². The van der Waals surface area contributed by atoms with E-state index in [0.29, 0.717) is 12.1 Å². The van der Waals surface area contributed by atoms with Gasteiger partial charge in [-0.25, -0.2) is 0 Å². The molecule has 1 N–H and O–H groups in total. The quantitative estimate of drug-likeness (QED) is 0.783. The summed E-state index contributed by atoms with van der Waals surface area (Å²) in [6.07, 6.45) is 1.53. The number of hydrogen-bond acceptors (Lipinski definition) is 2. The third-order valence-corrected chi connectivity index (χ3v) is 2.53. The average molecular weight is 247 g/mol. The number of carboxylic acid groups (broad SMARTS) is 1. The molecule has 96 valence electrons. The molecule has 4 nitrogen and oxygen atoms in total. The van der Waals surface area contributed by atoms with E-state index < -0.39 is 5.97 Å². The molecule has 1 aromatic carbocycles. The molecule has 1 amide bonds. The van der Waals surface area contributed by atoms with Gasteiger partial charge >= 0.3 is 5.97 Å². The van der Waals surface area contributed by atoms with E-state index >= 15 is 0 Å². The molecule has 0 spiro atoms. The Morgan fingerprint density at radius 1 is 1.33 bits per heavy atom. The second-order valence-electron chi connectivity index (χ2n) is 4.05. The molecule has 1 rings (SSSR count). The minimum Gasteiger partial charge on any atom is -0.481 e. The molecule has 0 aliphatic carbocycles. The predicted octanol–water partition coefficient (Wildman–Crippen LogP) is 2.10. The van der Waals surface area contributed by atoms with Gasteiger partial charge in [0.15, 0.2) is 0 Å². The zero-order valence-electron chi connectivity index (χ0n) is 10.4. The first kappa shape index (κ1) is 14.0. The van der Waals surface area contributed by atoms with Gasteiger partial charge in [-0.15, -0.1) is 6.58 Å². The summed E-state index contributed by atoms with van der Waals surface area (Å²) in [6.45, 7) is 6.06. The number of nitrogens with zero attached hydrogens (tertiary/aromatic N) is 1. The second kappa shape index (κ2) is 6.59. The summed E-state index contributed by atoms with van der Waals surface area (Å²) < 4.78 is 0. The molecule has 0 aliphatic heterocycles. The van der Waals surface area contributed by atoms with Gasteiger partial charge < -0.3 is 10.0 Å². The molecule has 0 heterocycles. The van der Waals surface area contributed by atoms with E-state index in [1.54, 1.807) is 18.2 Å². The molecule has 0 unspecified atom stereocenters. The van der Waals surface area contributed by atoms with Crippen LogP contribution in [0.5, 0.6) is 0 Å². The maximum atomic E-state index is 12.1. The van der Waals surface area contributed by atoms with Gasteiger partial charge in [0.05, 0.1) is 6.42 Å². The summed E-state index contributed by atoms with van der Waals surface area (Å²) in [5.41, 5.74) is 1.64. The van der Waals surface area contributed by atoms with Crippen molar-refractivity contribution in [3.63, 3.8) is 0 Å². The van der Waals surface area contributed by atoms with Gasteiger partial charge in [-0.3, -0.25) is 9.59 Å². The Balaban J connectivity index is 2.78. The third-order valence-electron chi connectivity index (χ3n) is 2.53. The van der Waals surface area contributed by atoms with E-state index in [1.807, 2.05) is 19.1 Å². The number of carbonyl (C=O) groups excluding carboxylic acids is 1. The number of amides is 1. The van der Waals surface area contributed by atoms with Crippen molar-refractivity contribution < 1.29 is 14.7 Å².